The van der Waals surface area contributed by atoms with E-state index in [0.717, 1.165) is 6.20 Å². The lowest BCUT2D eigenvalue weighted by Gasteiger charge is -2.14. The molecule has 1 aromatic rings. The molecule has 1 unspecified atom stereocenters. The Labute approximate surface area is 114 Å². The first-order valence-electron chi connectivity index (χ1n) is 5.69. The minimum atomic E-state index is -1.28. The number of carboxylic acid groups (broad SMARTS) is 1. The number of aliphatic carboxylic acids is 1. The lowest BCUT2D eigenvalue weighted by molar-refractivity contribution is -0.142. The van der Waals surface area contributed by atoms with Crippen molar-refractivity contribution in [2.24, 2.45) is 0 Å². The monoisotopic (exact) mass is 282 g/mol. The summed E-state index contributed by atoms with van der Waals surface area (Å²) in [6, 6.07) is -0.00155. The quantitative estimate of drug-likeness (QED) is 0.623. The number of hydrogen-bond donors (Lipinski definition) is 3. The van der Waals surface area contributed by atoms with Crippen LogP contribution < -0.4 is 5.32 Å². The van der Waals surface area contributed by atoms with Gasteiger partial charge >= 0.3 is 11.9 Å². The van der Waals surface area contributed by atoms with E-state index in [1.165, 1.54) is 19.4 Å². The molecule has 0 aliphatic heterocycles. The highest BCUT2D eigenvalue weighted by Crippen LogP contribution is 2.14. The van der Waals surface area contributed by atoms with Crippen LogP contribution in [0, 0.1) is 0 Å². The molecule has 1 amide bonds. The van der Waals surface area contributed by atoms with Gasteiger partial charge in [-0.2, -0.15) is 0 Å². The van der Waals surface area contributed by atoms with E-state index in [4.69, 9.17) is 5.11 Å². The summed E-state index contributed by atoms with van der Waals surface area (Å²) in [5.41, 5.74) is -0.0932. The van der Waals surface area contributed by atoms with Crippen molar-refractivity contribution >= 4 is 17.8 Å². The van der Waals surface area contributed by atoms with Crippen LogP contribution in [-0.2, 0) is 14.3 Å². The second-order valence-electron chi connectivity index (χ2n) is 3.87. The van der Waals surface area contributed by atoms with Crippen molar-refractivity contribution in [3.63, 3.8) is 0 Å². The fourth-order valence-electron chi connectivity index (χ4n) is 1.44. The highest BCUT2D eigenvalue weighted by atomic mass is 16.5. The summed E-state index contributed by atoms with van der Waals surface area (Å²) in [6.45, 7) is 0. The predicted octanol–water partition coefficient (Wildman–Crippen LogP) is -0.0766. The Bertz CT molecular complexity index is 516. The van der Waals surface area contributed by atoms with Gasteiger partial charge in [0.05, 0.1) is 18.9 Å². The van der Waals surface area contributed by atoms with Crippen molar-refractivity contribution in [3.05, 3.63) is 24.0 Å². The third-order valence-corrected chi connectivity index (χ3v) is 2.51. The number of esters is 1. The van der Waals surface area contributed by atoms with Crippen molar-refractivity contribution in [2.45, 2.75) is 18.9 Å². The molecule has 0 spiro atoms. The third-order valence-electron chi connectivity index (χ3n) is 2.51. The van der Waals surface area contributed by atoms with Gasteiger partial charge in [0.15, 0.2) is 0 Å². The highest BCUT2D eigenvalue weighted by Gasteiger charge is 2.23. The highest BCUT2D eigenvalue weighted by molar-refractivity contribution is 5.98. The molecule has 0 aliphatic rings. The summed E-state index contributed by atoms with van der Waals surface area (Å²) in [4.78, 5) is 37.4. The molecular weight excluding hydrogens is 268 g/mol. The van der Waals surface area contributed by atoms with E-state index in [1.54, 1.807) is 0 Å². The van der Waals surface area contributed by atoms with Gasteiger partial charge in [-0.25, -0.2) is 4.79 Å². The lowest BCUT2D eigenvalue weighted by atomic mass is 10.1. The Kier molecular flexibility index (Phi) is 5.45. The first kappa shape index (κ1) is 15.4. The van der Waals surface area contributed by atoms with E-state index in [1.807, 2.05) is 0 Å². The Hall–Kier alpha value is -2.64. The van der Waals surface area contributed by atoms with Crippen molar-refractivity contribution in [3.8, 4) is 5.75 Å². The molecule has 3 N–H and O–H groups in total. The molecule has 0 aromatic carbocycles. The molecule has 1 aromatic heterocycles. The van der Waals surface area contributed by atoms with E-state index in [0.29, 0.717) is 0 Å². The maximum atomic E-state index is 11.8. The van der Waals surface area contributed by atoms with Crippen molar-refractivity contribution in [1.82, 2.24) is 10.3 Å². The van der Waals surface area contributed by atoms with Crippen LogP contribution in [0.15, 0.2) is 18.5 Å². The van der Waals surface area contributed by atoms with Crippen LogP contribution in [0.25, 0.3) is 0 Å². The van der Waals surface area contributed by atoms with Crippen LogP contribution in [0.3, 0.4) is 0 Å². The summed E-state index contributed by atoms with van der Waals surface area (Å²) in [7, 11) is 1.19. The Morgan fingerprint density at radius 1 is 1.45 bits per heavy atom. The van der Waals surface area contributed by atoms with Crippen LogP contribution >= 0.6 is 0 Å². The number of pyridine rings is 1. The maximum absolute atomic E-state index is 11.8. The minimum Gasteiger partial charge on any atom is -0.505 e. The van der Waals surface area contributed by atoms with E-state index in [2.05, 4.69) is 15.0 Å². The largest absolute Gasteiger partial charge is 0.505 e. The fourth-order valence-corrected chi connectivity index (χ4v) is 1.44. The SMILES string of the molecule is COC(=O)CCC(NC(=O)c1ccncc1O)C(=O)O. The first-order chi connectivity index (χ1) is 9.45. The molecule has 8 heteroatoms. The van der Waals surface area contributed by atoms with Gasteiger partial charge < -0.3 is 20.3 Å². The summed E-state index contributed by atoms with van der Waals surface area (Å²) in [5, 5.41) is 20.6. The number of ether oxygens (including phenoxy) is 1. The van der Waals surface area contributed by atoms with Gasteiger partial charge in [-0.15, -0.1) is 0 Å². The number of aromatic nitrogens is 1. The number of carbonyl (C=O) groups excluding carboxylic acids is 2. The first-order valence-corrected chi connectivity index (χ1v) is 5.69. The molecule has 20 heavy (non-hydrogen) atoms. The number of amides is 1. The molecular formula is C12H14N2O6. The Morgan fingerprint density at radius 3 is 2.70 bits per heavy atom. The second kappa shape index (κ2) is 7.07. The standard InChI is InChI=1S/C12H14N2O6/c1-20-10(16)3-2-8(12(18)19)14-11(17)7-4-5-13-6-9(7)15/h4-6,8,15H,2-3H2,1H3,(H,14,17)(H,18,19). The number of aromatic hydroxyl groups is 1. The number of rotatable bonds is 6. The molecule has 0 saturated carbocycles. The van der Waals surface area contributed by atoms with Gasteiger partial charge in [0.25, 0.3) is 5.91 Å². The van der Waals surface area contributed by atoms with E-state index in [-0.39, 0.29) is 24.2 Å². The number of nitrogens with zero attached hydrogens (tertiary/aromatic N) is 1. The van der Waals surface area contributed by atoms with Gasteiger partial charge in [-0.05, 0) is 12.5 Å². The van der Waals surface area contributed by atoms with Crippen molar-refractivity contribution < 1.29 is 29.3 Å². The molecule has 1 atom stereocenters. The molecule has 0 radical (unpaired) electrons. The molecule has 108 valence electrons. The smallest absolute Gasteiger partial charge is 0.326 e. The molecule has 0 saturated heterocycles. The number of hydrogen-bond acceptors (Lipinski definition) is 6. The van der Waals surface area contributed by atoms with Gasteiger partial charge in [0, 0.05) is 12.6 Å². The molecule has 0 aliphatic carbocycles. The fraction of sp³-hybridized carbons (Fsp3) is 0.333. The topological polar surface area (TPSA) is 126 Å². The van der Waals surface area contributed by atoms with E-state index < -0.39 is 23.9 Å². The number of carboxylic acids is 1. The summed E-state index contributed by atoms with van der Waals surface area (Å²) in [5.74, 6) is -2.97. The average molecular weight is 282 g/mol. The van der Waals surface area contributed by atoms with Crippen molar-refractivity contribution in [1.29, 1.82) is 0 Å². The number of nitrogens with one attached hydrogen (secondary N) is 1. The summed E-state index contributed by atoms with van der Waals surface area (Å²) >= 11 is 0. The van der Waals surface area contributed by atoms with Crippen LogP contribution in [0.5, 0.6) is 5.75 Å². The van der Waals surface area contributed by atoms with Gasteiger partial charge in [-0.1, -0.05) is 0 Å². The number of carbonyl (C=O) groups is 3. The van der Waals surface area contributed by atoms with E-state index in [9.17, 15) is 19.5 Å². The maximum Gasteiger partial charge on any atom is 0.326 e. The molecule has 1 heterocycles. The summed E-state index contributed by atoms with van der Waals surface area (Å²) in [6.07, 6.45) is 2.10. The van der Waals surface area contributed by atoms with Crippen LogP contribution in [-0.4, -0.2) is 46.2 Å². The second-order valence-corrected chi connectivity index (χ2v) is 3.87. The lowest BCUT2D eigenvalue weighted by Crippen LogP contribution is -2.41. The Balaban J connectivity index is 2.71. The molecule has 0 fully saturated rings. The van der Waals surface area contributed by atoms with Crippen LogP contribution in [0.4, 0.5) is 0 Å². The van der Waals surface area contributed by atoms with Gasteiger partial charge in [0.2, 0.25) is 0 Å². The van der Waals surface area contributed by atoms with Crippen molar-refractivity contribution in [2.75, 3.05) is 7.11 Å². The van der Waals surface area contributed by atoms with Gasteiger partial charge in [-0.3, -0.25) is 14.6 Å². The minimum absolute atomic E-state index is 0.0932. The molecule has 1 rings (SSSR count). The van der Waals surface area contributed by atoms with Crippen LogP contribution in [0.1, 0.15) is 23.2 Å². The van der Waals surface area contributed by atoms with Crippen LogP contribution in [0.2, 0.25) is 0 Å². The average Bonchev–Trinajstić information content (AvgIpc) is 2.42. The zero-order chi connectivity index (χ0) is 15.1. The van der Waals surface area contributed by atoms with Gasteiger partial charge in [0.1, 0.15) is 11.8 Å². The molecule has 0 bridgehead atoms. The third kappa shape index (κ3) is 4.23. The predicted molar refractivity (Wildman–Crippen MR) is 66.0 cm³/mol. The number of methoxy groups -OCH3 is 1. The zero-order valence-electron chi connectivity index (χ0n) is 10.7. The normalized spacial score (nSPS) is 11.4. The summed E-state index contributed by atoms with van der Waals surface area (Å²) < 4.78 is 4.40. The Morgan fingerprint density at radius 2 is 2.15 bits per heavy atom. The molecule has 8 nitrogen and oxygen atoms in total. The zero-order valence-corrected chi connectivity index (χ0v) is 10.7. The van der Waals surface area contributed by atoms with E-state index >= 15 is 0 Å².